The highest BCUT2D eigenvalue weighted by Crippen LogP contribution is 2.07. The van der Waals surface area contributed by atoms with Gasteiger partial charge in [-0.05, 0) is 20.8 Å². The van der Waals surface area contributed by atoms with Gasteiger partial charge in [0.15, 0.2) is 0 Å². The van der Waals surface area contributed by atoms with E-state index in [1.807, 2.05) is 6.92 Å². The van der Waals surface area contributed by atoms with E-state index in [0.29, 0.717) is 5.88 Å². The quantitative estimate of drug-likeness (QED) is 0.469. The molecule has 0 rings (SSSR count). The lowest BCUT2D eigenvalue weighted by atomic mass is 10.1. The molecule has 0 aromatic carbocycles. The molecule has 0 amide bonds. The minimum Gasteiger partial charge on any atom is -0.386 e. The van der Waals surface area contributed by atoms with Crippen LogP contribution in [0.3, 0.4) is 0 Å². The van der Waals surface area contributed by atoms with Crippen molar-refractivity contribution in [1.82, 2.24) is 0 Å². The van der Waals surface area contributed by atoms with Crippen LogP contribution in [0.5, 0.6) is 0 Å². The first kappa shape index (κ1) is 8.99. The van der Waals surface area contributed by atoms with Crippen LogP contribution in [-0.4, -0.2) is 16.6 Å². The molecule has 1 N–H and O–H groups in total. The summed E-state index contributed by atoms with van der Waals surface area (Å²) in [5.74, 6) is 0.490. The normalized spacial score (nSPS) is 14.1. The number of rotatable bonds is 2. The zero-order chi connectivity index (χ0) is 7.49. The molecule has 2 heteroatoms. The van der Waals surface area contributed by atoms with Crippen LogP contribution in [-0.2, 0) is 0 Å². The maximum Gasteiger partial charge on any atom is 0.0774 e. The molecule has 0 aliphatic rings. The van der Waals surface area contributed by atoms with Gasteiger partial charge >= 0.3 is 0 Å². The van der Waals surface area contributed by atoms with Gasteiger partial charge in [0.1, 0.15) is 0 Å². The lowest BCUT2D eigenvalue weighted by molar-refractivity contribution is 0.132. The van der Waals surface area contributed by atoms with Gasteiger partial charge in [-0.15, -0.1) is 11.6 Å². The Hall–Kier alpha value is -0.0100. The molecule has 0 saturated carbocycles. The maximum absolute atomic E-state index is 9.18. The van der Waals surface area contributed by atoms with Crippen molar-refractivity contribution in [2.45, 2.75) is 26.4 Å². The maximum atomic E-state index is 9.18. The fourth-order valence-electron chi connectivity index (χ4n) is 0.642. The zero-order valence-electron chi connectivity index (χ0n) is 6.11. The summed E-state index contributed by atoms with van der Waals surface area (Å²) < 4.78 is 0. The second-order valence-electron chi connectivity index (χ2n) is 2.78. The molecule has 0 aromatic rings. The van der Waals surface area contributed by atoms with E-state index in [1.54, 1.807) is 19.9 Å². The van der Waals surface area contributed by atoms with Gasteiger partial charge < -0.3 is 5.11 Å². The molecule has 0 bridgehead atoms. The summed E-state index contributed by atoms with van der Waals surface area (Å²) in [6.07, 6.45) is 1.75. The monoisotopic (exact) mass is 148 g/mol. The van der Waals surface area contributed by atoms with E-state index in [0.717, 1.165) is 5.57 Å². The number of hydrogen-bond acceptors (Lipinski definition) is 1. The summed E-state index contributed by atoms with van der Waals surface area (Å²) in [6.45, 7) is 5.34. The van der Waals surface area contributed by atoms with Crippen molar-refractivity contribution >= 4 is 11.6 Å². The van der Waals surface area contributed by atoms with Crippen molar-refractivity contribution in [3.05, 3.63) is 11.6 Å². The highest BCUT2D eigenvalue weighted by molar-refractivity contribution is 6.19. The SMILES string of the molecule is C/C(=C/C(C)(C)O)CCl. The molecule has 1 nitrogen and oxygen atoms in total. The summed E-state index contributed by atoms with van der Waals surface area (Å²) in [5, 5.41) is 9.18. The topological polar surface area (TPSA) is 20.2 Å². The molecule has 0 aliphatic heterocycles. The van der Waals surface area contributed by atoms with E-state index < -0.39 is 5.60 Å². The van der Waals surface area contributed by atoms with Crippen molar-refractivity contribution in [1.29, 1.82) is 0 Å². The van der Waals surface area contributed by atoms with Gasteiger partial charge in [0.25, 0.3) is 0 Å². The Morgan fingerprint density at radius 2 is 2.11 bits per heavy atom. The van der Waals surface area contributed by atoms with Gasteiger partial charge in [-0.25, -0.2) is 0 Å². The molecular formula is C7H13ClO. The van der Waals surface area contributed by atoms with E-state index in [-0.39, 0.29) is 0 Å². The second kappa shape index (κ2) is 3.23. The van der Waals surface area contributed by atoms with Crippen molar-refractivity contribution in [2.75, 3.05) is 5.88 Å². The largest absolute Gasteiger partial charge is 0.386 e. The minimum atomic E-state index is -0.723. The van der Waals surface area contributed by atoms with Crippen LogP contribution in [0, 0.1) is 0 Å². The molecule has 0 saturated heterocycles. The number of alkyl halides is 1. The average molecular weight is 149 g/mol. The number of hydrogen-bond donors (Lipinski definition) is 1. The average Bonchev–Trinajstić information content (AvgIpc) is 1.62. The third-order valence-corrected chi connectivity index (χ3v) is 1.23. The molecule has 9 heavy (non-hydrogen) atoms. The molecule has 0 aliphatic carbocycles. The van der Waals surface area contributed by atoms with Gasteiger partial charge in [0.05, 0.1) is 5.60 Å². The lowest BCUT2D eigenvalue weighted by Gasteiger charge is -2.11. The summed E-state index contributed by atoms with van der Waals surface area (Å²) in [7, 11) is 0. The summed E-state index contributed by atoms with van der Waals surface area (Å²) in [4.78, 5) is 0. The Labute approximate surface area is 61.3 Å². The first-order chi connectivity index (χ1) is 3.95. The smallest absolute Gasteiger partial charge is 0.0774 e. The molecule has 0 aromatic heterocycles. The lowest BCUT2D eigenvalue weighted by Crippen LogP contribution is -2.14. The summed E-state index contributed by atoms with van der Waals surface area (Å²) in [5.41, 5.74) is 0.281. The summed E-state index contributed by atoms with van der Waals surface area (Å²) in [6, 6.07) is 0. The van der Waals surface area contributed by atoms with Crippen molar-refractivity contribution in [3.8, 4) is 0 Å². The van der Waals surface area contributed by atoms with Gasteiger partial charge in [0.2, 0.25) is 0 Å². The summed E-state index contributed by atoms with van der Waals surface area (Å²) >= 11 is 5.48. The minimum absolute atomic E-state index is 0.490. The second-order valence-corrected chi connectivity index (χ2v) is 3.05. The van der Waals surface area contributed by atoms with E-state index in [4.69, 9.17) is 11.6 Å². The molecule has 0 unspecified atom stereocenters. The number of aliphatic hydroxyl groups is 1. The third kappa shape index (κ3) is 5.87. The fraction of sp³-hybridized carbons (Fsp3) is 0.714. The van der Waals surface area contributed by atoms with Crippen LogP contribution in [0.25, 0.3) is 0 Å². The van der Waals surface area contributed by atoms with Crippen molar-refractivity contribution in [2.24, 2.45) is 0 Å². The fourth-order valence-corrected chi connectivity index (χ4v) is 0.719. The molecule has 0 spiro atoms. The first-order valence-corrected chi connectivity index (χ1v) is 3.46. The van der Waals surface area contributed by atoms with Crippen LogP contribution >= 0.6 is 11.6 Å². The predicted molar refractivity (Wildman–Crippen MR) is 40.8 cm³/mol. The van der Waals surface area contributed by atoms with Gasteiger partial charge in [-0.2, -0.15) is 0 Å². The number of halogens is 1. The third-order valence-electron chi connectivity index (χ3n) is 0.810. The molecular weight excluding hydrogens is 136 g/mol. The number of allylic oxidation sites excluding steroid dienone is 1. The van der Waals surface area contributed by atoms with Crippen LogP contribution < -0.4 is 0 Å². The Kier molecular flexibility index (Phi) is 3.23. The molecule has 0 heterocycles. The molecule has 0 radical (unpaired) electrons. The van der Waals surface area contributed by atoms with E-state index >= 15 is 0 Å². The molecule has 0 fully saturated rings. The van der Waals surface area contributed by atoms with Crippen LogP contribution in [0.2, 0.25) is 0 Å². The van der Waals surface area contributed by atoms with Crippen molar-refractivity contribution < 1.29 is 5.11 Å². The highest BCUT2D eigenvalue weighted by Gasteiger charge is 2.06. The van der Waals surface area contributed by atoms with Crippen LogP contribution in [0.15, 0.2) is 11.6 Å². The zero-order valence-corrected chi connectivity index (χ0v) is 6.87. The Morgan fingerprint density at radius 1 is 1.67 bits per heavy atom. The van der Waals surface area contributed by atoms with E-state index in [9.17, 15) is 5.11 Å². The van der Waals surface area contributed by atoms with Crippen molar-refractivity contribution in [3.63, 3.8) is 0 Å². The predicted octanol–water partition coefficient (Wildman–Crippen LogP) is 1.94. The first-order valence-electron chi connectivity index (χ1n) is 2.92. The Morgan fingerprint density at radius 3 is 2.22 bits per heavy atom. The van der Waals surface area contributed by atoms with Crippen LogP contribution in [0.4, 0.5) is 0 Å². The van der Waals surface area contributed by atoms with E-state index in [2.05, 4.69) is 0 Å². The van der Waals surface area contributed by atoms with Crippen LogP contribution in [0.1, 0.15) is 20.8 Å². The van der Waals surface area contributed by atoms with E-state index in [1.165, 1.54) is 0 Å². The molecule has 0 atom stereocenters. The highest BCUT2D eigenvalue weighted by atomic mass is 35.5. The van der Waals surface area contributed by atoms with Gasteiger partial charge in [-0.1, -0.05) is 11.6 Å². The Balaban J connectivity index is 3.95. The molecule has 54 valence electrons. The standard InChI is InChI=1S/C7H13ClO/c1-6(5-8)4-7(2,3)9/h4,9H,5H2,1-3H3/b6-4-. The van der Waals surface area contributed by atoms with Gasteiger partial charge in [-0.3, -0.25) is 0 Å². The Bertz CT molecular complexity index is 111. The van der Waals surface area contributed by atoms with Gasteiger partial charge in [0, 0.05) is 5.88 Å².